The average Bonchev–Trinajstić information content (AvgIpc) is 3.09. The van der Waals surface area contributed by atoms with Crippen LogP contribution >= 0.6 is 34.7 Å². The molecule has 1 aromatic heterocycles. The lowest BCUT2D eigenvalue weighted by Crippen LogP contribution is -2.13. The summed E-state index contributed by atoms with van der Waals surface area (Å²) >= 11 is 8.37. The fourth-order valence-electron chi connectivity index (χ4n) is 2.26. The second-order valence-corrected chi connectivity index (χ2v) is 8.61. The van der Waals surface area contributed by atoms with Crippen LogP contribution in [0.5, 0.6) is 0 Å². The molecule has 0 aliphatic heterocycles. The number of halogens is 1. The lowest BCUT2D eigenvalue weighted by atomic mass is 10.1. The molecule has 0 saturated carbocycles. The maximum atomic E-state index is 12.3. The Morgan fingerprint density at radius 3 is 2.64 bits per heavy atom. The molecule has 3 rings (SSSR count). The van der Waals surface area contributed by atoms with E-state index < -0.39 is 0 Å². The number of carbonyl (C=O) groups is 2. The number of nitrogens with one attached hydrogen (secondary N) is 2. The molecule has 2 aromatic carbocycles. The standard InChI is InChI=1S/C19H17ClN4O2S2/c1-11-6-7-13(8-12(11)2)17(26)22-18-23-24-19(28-18)27-10-16(25)21-15-5-3-4-14(20)9-15/h3-9H,10H2,1-2H3,(H,21,25)(H,22,23,26). The molecule has 0 spiro atoms. The van der Waals surface area contributed by atoms with E-state index in [1.54, 1.807) is 30.3 Å². The highest BCUT2D eigenvalue weighted by Gasteiger charge is 2.12. The highest BCUT2D eigenvalue weighted by Crippen LogP contribution is 2.26. The molecule has 144 valence electrons. The Labute approximate surface area is 175 Å². The zero-order chi connectivity index (χ0) is 20.1. The van der Waals surface area contributed by atoms with Crippen molar-refractivity contribution < 1.29 is 9.59 Å². The van der Waals surface area contributed by atoms with E-state index in [-0.39, 0.29) is 17.6 Å². The lowest BCUT2D eigenvalue weighted by molar-refractivity contribution is -0.113. The van der Waals surface area contributed by atoms with Gasteiger partial charge in [-0.05, 0) is 55.3 Å². The molecular formula is C19H17ClN4O2S2. The summed E-state index contributed by atoms with van der Waals surface area (Å²) < 4.78 is 0.594. The zero-order valence-corrected chi connectivity index (χ0v) is 17.5. The van der Waals surface area contributed by atoms with E-state index in [2.05, 4.69) is 20.8 Å². The van der Waals surface area contributed by atoms with Crippen LogP contribution in [0.3, 0.4) is 0 Å². The van der Waals surface area contributed by atoms with E-state index in [1.165, 1.54) is 23.1 Å². The quantitative estimate of drug-likeness (QED) is 0.432. The minimum Gasteiger partial charge on any atom is -0.325 e. The van der Waals surface area contributed by atoms with Crippen molar-refractivity contribution in [1.29, 1.82) is 0 Å². The number of nitrogens with zero attached hydrogens (tertiary/aromatic N) is 2. The van der Waals surface area contributed by atoms with E-state index >= 15 is 0 Å². The van der Waals surface area contributed by atoms with Crippen LogP contribution in [0.15, 0.2) is 46.8 Å². The normalized spacial score (nSPS) is 10.5. The van der Waals surface area contributed by atoms with Gasteiger partial charge in [0.05, 0.1) is 5.75 Å². The van der Waals surface area contributed by atoms with Gasteiger partial charge in [0.25, 0.3) is 5.91 Å². The summed E-state index contributed by atoms with van der Waals surface area (Å²) in [6.07, 6.45) is 0. The Bertz CT molecular complexity index is 1020. The first-order valence-electron chi connectivity index (χ1n) is 8.31. The Kier molecular flexibility index (Phi) is 6.66. The van der Waals surface area contributed by atoms with Crippen molar-refractivity contribution >= 4 is 57.3 Å². The molecule has 0 saturated heterocycles. The lowest BCUT2D eigenvalue weighted by Gasteiger charge is -2.04. The zero-order valence-electron chi connectivity index (χ0n) is 15.2. The number of benzene rings is 2. The summed E-state index contributed by atoms with van der Waals surface area (Å²) in [5.41, 5.74) is 3.37. The molecular weight excluding hydrogens is 416 g/mol. The van der Waals surface area contributed by atoms with Crippen molar-refractivity contribution in [2.75, 3.05) is 16.4 Å². The maximum absolute atomic E-state index is 12.3. The van der Waals surface area contributed by atoms with Gasteiger partial charge in [-0.2, -0.15) is 0 Å². The maximum Gasteiger partial charge on any atom is 0.257 e. The molecule has 0 radical (unpaired) electrons. The number of amides is 2. The number of hydrogen-bond acceptors (Lipinski definition) is 6. The Balaban J connectivity index is 1.53. The smallest absolute Gasteiger partial charge is 0.257 e. The highest BCUT2D eigenvalue weighted by molar-refractivity contribution is 8.01. The molecule has 0 bridgehead atoms. The van der Waals surface area contributed by atoms with Gasteiger partial charge in [0, 0.05) is 16.3 Å². The molecule has 1 heterocycles. The second-order valence-electron chi connectivity index (χ2n) is 5.97. The van der Waals surface area contributed by atoms with Crippen LogP contribution in [-0.2, 0) is 4.79 Å². The summed E-state index contributed by atoms with van der Waals surface area (Å²) in [5, 5.41) is 14.4. The number of rotatable bonds is 6. The van der Waals surface area contributed by atoms with Crippen molar-refractivity contribution in [2.45, 2.75) is 18.2 Å². The molecule has 3 aromatic rings. The number of aromatic nitrogens is 2. The number of anilines is 2. The minimum atomic E-state index is -0.241. The van der Waals surface area contributed by atoms with Crippen LogP contribution in [-0.4, -0.2) is 27.8 Å². The monoisotopic (exact) mass is 432 g/mol. The molecule has 0 aliphatic carbocycles. The SMILES string of the molecule is Cc1ccc(C(=O)Nc2nnc(SCC(=O)Nc3cccc(Cl)c3)s2)cc1C. The van der Waals surface area contributed by atoms with Crippen molar-refractivity contribution in [3.63, 3.8) is 0 Å². The van der Waals surface area contributed by atoms with E-state index in [4.69, 9.17) is 11.6 Å². The molecule has 28 heavy (non-hydrogen) atoms. The summed E-state index contributed by atoms with van der Waals surface area (Å²) in [7, 11) is 0. The predicted octanol–water partition coefficient (Wildman–Crippen LogP) is 4.79. The van der Waals surface area contributed by atoms with Gasteiger partial charge in [0.15, 0.2) is 4.34 Å². The average molecular weight is 433 g/mol. The Morgan fingerprint density at radius 1 is 1.07 bits per heavy atom. The van der Waals surface area contributed by atoms with Gasteiger partial charge in [-0.25, -0.2) is 0 Å². The van der Waals surface area contributed by atoms with Crippen LogP contribution in [0.1, 0.15) is 21.5 Å². The van der Waals surface area contributed by atoms with Gasteiger partial charge in [0.1, 0.15) is 0 Å². The van der Waals surface area contributed by atoms with Gasteiger partial charge in [-0.15, -0.1) is 10.2 Å². The fraction of sp³-hybridized carbons (Fsp3) is 0.158. The van der Waals surface area contributed by atoms with E-state index in [1.807, 2.05) is 26.0 Å². The molecule has 9 heteroatoms. The van der Waals surface area contributed by atoms with Gasteiger partial charge in [-0.3, -0.25) is 14.9 Å². The highest BCUT2D eigenvalue weighted by atomic mass is 35.5. The van der Waals surface area contributed by atoms with Crippen molar-refractivity contribution in [3.8, 4) is 0 Å². The van der Waals surface area contributed by atoms with E-state index in [0.29, 0.717) is 25.7 Å². The van der Waals surface area contributed by atoms with Gasteiger partial charge in [-0.1, -0.05) is 46.8 Å². The largest absolute Gasteiger partial charge is 0.325 e. The Hall–Kier alpha value is -2.42. The molecule has 0 atom stereocenters. The van der Waals surface area contributed by atoms with Gasteiger partial charge >= 0.3 is 0 Å². The minimum absolute atomic E-state index is 0.173. The summed E-state index contributed by atoms with van der Waals surface area (Å²) in [5.74, 6) is -0.246. The first-order chi connectivity index (χ1) is 13.4. The molecule has 2 N–H and O–H groups in total. The predicted molar refractivity (Wildman–Crippen MR) is 115 cm³/mol. The Morgan fingerprint density at radius 2 is 1.89 bits per heavy atom. The molecule has 0 fully saturated rings. The van der Waals surface area contributed by atoms with Crippen molar-refractivity contribution in [2.24, 2.45) is 0 Å². The van der Waals surface area contributed by atoms with Crippen LogP contribution in [0.25, 0.3) is 0 Å². The van der Waals surface area contributed by atoms with Crippen LogP contribution in [0.2, 0.25) is 5.02 Å². The third-order valence-electron chi connectivity index (χ3n) is 3.83. The number of carbonyl (C=O) groups excluding carboxylic acids is 2. The fourth-order valence-corrected chi connectivity index (χ4v) is 4.00. The summed E-state index contributed by atoms with van der Waals surface area (Å²) in [6, 6.07) is 12.5. The van der Waals surface area contributed by atoms with Crippen LogP contribution in [0, 0.1) is 13.8 Å². The first-order valence-corrected chi connectivity index (χ1v) is 10.5. The van der Waals surface area contributed by atoms with E-state index in [9.17, 15) is 9.59 Å². The number of thioether (sulfide) groups is 1. The second kappa shape index (κ2) is 9.18. The summed E-state index contributed by atoms with van der Waals surface area (Å²) in [6.45, 7) is 3.95. The number of hydrogen-bond donors (Lipinski definition) is 2. The van der Waals surface area contributed by atoms with E-state index in [0.717, 1.165) is 11.1 Å². The third kappa shape index (κ3) is 5.54. The van der Waals surface area contributed by atoms with Gasteiger partial charge < -0.3 is 5.32 Å². The summed E-state index contributed by atoms with van der Waals surface area (Å²) in [4.78, 5) is 24.4. The molecule has 6 nitrogen and oxygen atoms in total. The topological polar surface area (TPSA) is 84.0 Å². The van der Waals surface area contributed by atoms with Gasteiger partial charge in [0.2, 0.25) is 11.0 Å². The van der Waals surface area contributed by atoms with Crippen LogP contribution < -0.4 is 10.6 Å². The molecule has 0 aliphatic rings. The van der Waals surface area contributed by atoms with Crippen molar-refractivity contribution in [1.82, 2.24) is 10.2 Å². The molecule has 2 amide bonds. The van der Waals surface area contributed by atoms with Crippen molar-refractivity contribution in [3.05, 3.63) is 64.2 Å². The first kappa shape index (κ1) is 20.3. The third-order valence-corrected chi connectivity index (χ3v) is 6.04. The van der Waals surface area contributed by atoms with Crippen LogP contribution in [0.4, 0.5) is 10.8 Å². The number of aryl methyl sites for hydroxylation is 2. The molecule has 0 unspecified atom stereocenters.